The first kappa shape index (κ1) is 16.9. The number of hydrogen-bond donors (Lipinski definition) is 2. The summed E-state index contributed by atoms with van der Waals surface area (Å²) >= 11 is 17.3. The fraction of sp³-hybridized carbons (Fsp3) is 0. The van der Waals surface area contributed by atoms with Crippen LogP contribution in [0.3, 0.4) is 0 Å². The Hall–Kier alpha value is -1.47. The summed E-state index contributed by atoms with van der Waals surface area (Å²) in [6.07, 6.45) is 0. The second-order valence-electron chi connectivity index (χ2n) is 4.14. The van der Waals surface area contributed by atoms with Gasteiger partial charge in [-0.05, 0) is 42.5 Å². The van der Waals surface area contributed by atoms with Gasteiger partial charge in [-0.3, -0.25) is 0 Å². The molecule has 0 saturated carbocycles. The normalized spacial score (nSPS) is 11.0. The summed E-state index contributed by atoms with van der Waals surface area (Å²) in [4.78, 5) is 11.7. The summed E-state index contributed by atoms with van der Waals surface area (Å²) in [5, 5.41) is 3.27. The SMILES string of the molecule is O=C(Nc1cc(Cl)ccc1Cl)NS(=O)(=O)c1ccc(Cl)cc1. The Bertz CT molecular complexity index is 808. The minimum atomic E-state index is -4.02. The first-order valence-corrected chi connectivity index (χ1v) is 8.44. The number of urea groups is 1. The lowest BCUT2D eigenvalue weighted by Gasteiger charge is -2.10. The topological polar surface area (TPSA) is 75.3 Å². The van der Waals surface area contributed by atoms with E-state index in [1.54, 1.807) is 0 Å². The molecule has 0 aliphatic rings. The van der Waals surface area contributed by atoms with Crippen molar-refractivity contribution in [3.8, 4) is 0 Å². The number of anilines is 1. The molecule has 0 bridgehead atoms. The van der Waals surface area contributed by atoms with Gasteiger partial charge >= 0.3 is 6.03 Å². The molecule has 0 atom stereocenters. The molecule has 9 heteroatoms. The highest BCUT2D eigenvalue weighted by atomic mass is 35.5. The van der Waals surface area contributed by atoms with Gasteiger partial charge in [-0.15, -0.1) is 0 Å². The van der Waals surface area contributed by atoms with Gasteiger partial charge in [-0.2, -0.15) is 0 Å². The van der Waals surface area contributed by atoms with Gasteiger partial charge in [-0.1, -0.05) is 34.8 Å². The van der Waals surface area contributed by atoms with Gasteiger partial charge in [0.25, 0.3) is 10.0 Å². The molecule has 116 valence electrons. The second kappa shape index (κ2) is 6.75. The van der Waals surface area contributed by atoms with E-state index in [4.69, 9.17) is 34.8 Å². The number of carbonyl (C=O) groups is 1. The minimum Gasteiger partial charge on any atom is -0.306 e. The Morgan fingerprint density at radius 1 is 0.909 bits per heavy atom. The molecule has 0 heterocycles. The quantitative estimate of drug-likeness (QED) is 0.841. The first-order chi connectivity index (χ1) is 10.3. The fourth-order valence-electron chi connectivity index (χ4n) is 1.54. The molecule has 2 aromatic carbocycles. The maximum atomic E-state index is 12.0. The summed E-state index contributed by atoms with van der Waals surface area (Å²) in [6.45, 7) is 0. The molecule has 0 aromatic heterocycles. The maximum Gasteiger partial charge on any atom is 0.333 e. The van der Waals surface area contributed by atoms with Crippen molar-refractivity contribution in [2.24, 2.45) is 0 Å². The Balaban J connectivity index is 2.14. The number of amides is 2. The van der Waals surface area contributed by atoms with E-state index in [0.29, 0.717) is 10.0 Å². The molecule has 2 amide bonds. The van der Waals surface area contributed by atoms with Crippen molar-refractivity contribution in [1.82, 2.24) is 4.72 Å². The maximum absolute atomic E-state index is 12.0. The standard InChI is InChI=1S/C13H9Cl3N2O3S/c14-8-1-4-10(5-2-8)22(20,21)18-13(19)17-12-7-9(15)3-6-11(12)16/h1-7H,(H2,17,18,19). The average Bonchev–Trinajstić information content (AvgIpc) is 2.42. The molecule has 5 nitrogen and oxygen atoms in total. The number of hydrogen-bond acceptors (Lipinski definition) is 3. The molecular weight excluding hydrogens is 371 g/mol. The second-order valence-corrected chi connectivity index (χ2v) is 7.10. The van der Waals surface area contributed by atoms with Crippen molar-refractivity contribution in [2.75, 3.05) is 5.32 Å². The van der Waals surface area contributed by atoms with Crippen molar-refractivity contribution in [1.29, 1.82) is 0 Å². The Labute approximate surface area is 142 Å². The molecule has 0 saturated heterocycles. The molecule has 0 aliphatic heterocycles. The third-order valence-corrected chi connectivity index (χ3v) is 4.69. The van der Waals surface area contributed by atoms with Gasteiger partial charge in [0.05, 0.1) is 15.6 Å². The number of benzene rings is 2. The molecule has 0 aliphatic carbocycles. The van der Waals surface area contributed by atoms with Gasteiger partial charge in [0, 0.05) is 10.0 Å². The molecule has 22 heavy (non-hydrogen) atoms. The molecule has 0 unspecified atom stereocenters. The van der Waals surface area contributed by atoms with E-state index in [9.17, 15) is 13.2 Å². The zero-order valence-electron chi connectivity index (χ0n) is 10.8. The van der Waals surface area contributed by atoms with Gasteiger partial charge in [0.15, 0.2) is 0 Å². The number of nitrogens with one attached hydrogen (secondary N) is 2. The molecule has 0 fully saturated rings. The highest BCUT2D eigenvalue weighted by Crippen LogP contribution is 2.25. The van der Waals surface area contributed by atoms with E-state index in [0.717, 1.165) is 0 Å². The van der Waals surface area contributed by atoms with Gasteiger partial charge in [-0.25, -0.2) is 17.9 Å². The van der Waals surface area contributed by atoms with Crippen molar-refractivity contribution >= 4 is 56.5 Å². The molecule has 2 rings (SSSR count). The van der Waals surface area contributed by atoms with E-state index in [1.807, 2.05) is 4.72 Å². The van der Waals surface area contributed by atoms with Crippen LogP contribution in [0.25, 0.3) is 0 Å². The van der Waals surface area contributed by atoms with Crippen LogP contribution in [-0.2, 0) is 10.0 Å². The summed E-state index contributed by atoms with van der Waals surface area (Å²) < 4.78 is 25.9. The summed E-state index contributed by atoms with van der Waals surface area (Å²) in [5.41, 5.74) is 0.193. The van der Waals surface area contributed by atoms with Crippen LogP contribution in [-0.4, -0.2) is 14.4 Å². The molecule has 0 spiro atoms. The van der Waals surface area contributed by atoms with E-state index in [-0.39, 0.29) is 15.6 Å². The third-order valence-electron chi connectivity index (χ3n) is 2.53. The van der Waals surface area contributed by atoms with Gasteiger partial charge in [0.2, 0.25) is 0 Å². The van der Waals surface area contributed by atoms with Crippen molar-refractivity contribution in [3.05, 3.63) is 57.5 Å². The number of carbonyl (C=O) groups excluding carboxylic acids is 1. The summed E-state index contributed by atoms with van der Waals surface area (Å²) in [6, 6.07) is 8.83. The lowest BCUT2D eigenvalue weighted by Crippen LogP contribution is -2.34. The number of sulfonamides is 1. The average molecular weight is 380 g/mol. The van der Waals surface area contributed by atoms with Crippen LogP contribution in [0.15, 0.2) is 47.4 Å². The van der Waals surface area contributed by atoms with E-state index in [2.05, 4.69) is 5.32 Å². The predicted molar refractivity (Wildman–Crippen MR) is 87.3 cm³/mol. The largest absolute Gasteiger partial charge is 0.333 e. The van der Waals surface area contributed by atoms with Crippen LogP contribution in [0.1, 0.15) is 0 Å². The van der Waals surface area contributed by atoms with Crippen LogP contribution in [0.4, 0.5) is 10.5 Å². The zero-order valence-corrected chi connectivity index (χ0v) is 13.9. The highest BCUT2D eigenvalue weighted by molar-refractivity contribution is 7.90. The molecular formula is C13H9Cl3N2O3S. The number of halogens is 3. The number of rotatable bonds is 3. The van der Waals surface area contributed by atoms with Crippen molar-refractivity contribution in [3.63, 3.8) is 0 Å². The molecule has 2 aromatic rings. The van der Waals surface area contributed by atoms with Gasteiger partial charge in [0.1, 0.15) is 0 Å². The van der Waals surface area contributed by atoms with E-state index in [1.165, 1.54) is 42.5 Å². The Morgan fingerprint density at radius 2 is 1.50 bits per heavy atom. The lowest BCUT2D eigenvalue weighted by atomic mass is 10.3. The van der Waals surface area contributed by atoms with Crippen LogP contribution < -0.4 is 10.0 Å². The van der Waals surface area contributed by atoms with Crippen LogP contribution >= 0.6 is 34.8 Å². The van der Waals surface area contributed by atoms with E-state index >= 15 is 0 Å². The molecule has 2 N–H and O–H groups in total. The van der Waals surface area contributed by atoms with Crippen molar-refractivity contribution in [2.45, 2.75) is 4.90 Å². The Morgan fingerprint density at radius 3 is 2.14 bits per heavy atom. The van der Waals surface area contributed by atoms with Gasteiger partial charge < -0.3 is 5.32 Å². The summed E-state index contributed by atoms with van der Waals surface area (Å²) in [5.74, 6) is 0. The molecule has 0 radical (unpaired) electrons. The fourth-order valence-corrected chi connectivity index (χ4v) is 2.91. The lowest BCUT2D eigenvalue weighted by molar-refractivity contribution is 0.256. The first-order valence-electron chi connectivity index (χ1n) is 5.82. The van der Waals surface area contributed by atoms with Crippen LogP contribution in [0.5, 0.6) is 0 Å². The predicted octanol–water partition coefficient (Wildman–Crippen LogP) is 4.16. The smallest absolute Gasteiger partial charge is 0.306 e. The van der Waals surface area contributed by atoms with Crippen LogP contribution in [0.2, 0.25) is 15.1 Å². The third kappa shape index (κ3) is 4.27. The highest BCUT2D eigenvalue weighted by Gasteiger charge is 2.18. The summed E-state index contributed by atoms with van der Waals surface area (Å²) in [7, 11) is -4.02. The van der Waals surface area contributed by atoms with Crippen LogP contribution in [0, 0.1) is 0 Å². The minimum absolute atomic E-state index is 0.0933. The zero-order chi connectivity index (χ0) is 16.3. The Kier molecular flexibility index (Phi) is 5.18. The van der Waals surface area contributed by atoms with Crippen molar-refractivity contribution < 1.29 is 13.2 Å². The van der Waals surface area contributed by atoms with E-state index < -0.39 is 16.1 Å². The monoisotopic (exact) mass is 378 g/mol.